The molecule has 0 aromatic heterocycles. The van der Waals surface area contributed by atoms with E-state index < -0.39 is 17.7 Å². The van der Waals surface area contributed by atoms with E-state index in [2.05, 4.69) is 5.32 Å². The molecule has 0 bridgehead atoms. The number of hydrogen-bond donors (Lipinski definition) is 1. The lowest BCUT2D eigenvalue weighted by atomic mass is 10.1. The van der Waals surface area contributed by atoms with E-state index in [1.54, 1.807) is 49.4 Å². The molecular formula is C19H17ClN2O3. The Bertz CT molecular complexity index is 879. The number of halogens is 1. The lowest BCUT2D eigenvalue weighted by Gasteiger charge is -2.26. The number of carbonyl (C=O) groups excluding carboxylic acids is 3. The van der Waals surface area contributed by atoms with Crippen molar-refractivity contribution < 1.29 is 14.4 Å². The van der Waals surface area contributed by atoms with E-state index in [4.69, 9.17) is 11.6 Å². The van der Waals surface area contributed by atoms with Gasteiger partial charge < -0.3 is 5.32 Å². The van der Waals surface area contributed by atoms with Crippen molar-refractivity contribution in [2.75, 3.05) is 10.2 Å². The summed E-state index contributed by atoms with van der Waals surface area (Å²) in [5.74, 6) is -1.61. The van der Waals surface area contributed by atoms with Crippen LogP contribution in [-0.2, 0) is 9.59 Å². The van der Waals surface area contributed by atoms with Gasteiger partial charge in [0.15, 0.2) is 0 Å². The molecule has 1 heterocycles. The van der Waals surface area contributed by atoms with Crippen LogP contribution in [-0.4, -0.2) is 23.6 Å². The Morgan fingerprint density at radius 3 is 2.64 bits per heavy atom. The summed E-state index contributed by atoms with van der Waals surface area (Å²) in [4.78, 5) is 38.7. The predicted molar refractivity (Wildman–Crippen MR) is 97.2 cm³/mol. The summed E-state index contributed by atoms with van der Waals surface area (Å²) in [6, 6.07) is 11.1. The second-order valence-corrected chi connectivity index (χ2v) is 6.33. The maximum absolute atomic E-state index is 12.8. The van der Waals surface area contributed by atoms with Crippen LogP contribution in [0.5, 0.6) is 0 Å². The van der Waals surface area contributed by atoms with Crippen LogP contribution in [0, 0.1) is 6.92 Å². The van der Waals surface area contributed by atoms with Gasteiger partial charge in [0.25, 0.3) is 11.7 Å². The number of benzene rings is 2. The molecule has 1 N–H and O–H groups in total. The molecule has 1 atom stereocenters. The first-order chi connectivity index (χ1) is 11.9. The van der Waals surface area contributed by atoms with E-state index in [0.717, 1.165) is 5.56 Å². The van der Waals surface area contributed by atoms with Gasteiger partial charge in [0.1, 0.15) is 6.04 Å². The number of para-hydroxylation sites is 1. The maximum Gasteiger partial charge on any atom is 0.300 e. The fraction of sp³-hybridized carbons (Fsp3) is 0.211. The Labute approximate surface area is 150 Å². The Morgan fingerprint density at radius 2 is 1.92 bits per heavy atom. The highest BCUT2D eigenvalue weighted by Crippen LogP contribution is 2.31. The molecule has 0 spiro atoms. The average molecular weight is 357 g/mol. The first kappa shape index (κ1) is 17.2. The number of carbonyl (C=O) groups is 3. The summed E-state index contributed by atoms with van der Waals surface area (Å²) >= 11 is 5.99. The Hall–Kier alpha value is -2.66. The topological polar surface area (TPSA) is 66.5 Å². The third-order valence-corrected chi connectivity index (χ3v) is 4.51. The molecule has 0 saturated heterocycles. The van der Waals surface area contributed by atoms with Crippen molar-refractivity contribution in [3.05, 3.63) is 58.6 Å². The molecule has 0 aliphatic carbocycles. The molecule has 0 fully saturated rings. The number of rotatable bonds is 4. The van der Waals surface area contributed by atoms with Crippen molar-refractivity contribution in [3.8, 4) is 0 Å². The fourth-order valence-electron chi connectivity index (χ4n) is 2.95. The van der Waals surface area contributed by atoms with Gasteiger partial charge in [-0.2, -0.15) is 0 Å². The summed E-state index contributed by atoms with van der Waals surface area (Å²) in [7, 11) is 0. The van der Waals surface area contributed by atoms with Crippen molar-refractivity contribution in [2.45, 2.75) is 26.3 Å². The van der Waals surface area contributed by atoms with Crippen molar-refractivity contribution >= 4 is 40.6 Å². The fourth-order valence-corrected chi connectivity index (χ4v) is 3.12. The molecule has 25 heavy (non-hydrogen) atoms. The normalized spacial score (nSPS) is 14.4. The minimum absolute atomic E-state index is 0.331. The smallest absolute Gasteiger partial charge is 0.300 e. The summed E-state index contributed by atoms with van der Waals surface area (Å²) in [6.07, 6.45) is 0.374. The van der Waals surface area contributed by atoms with Gasteiger partial charge in [-0.05, 0) is 43.2 Å². The first-order valence-electron chi connectivity index (χ1n) is 7.98. The molecule has 5 nitrogen and oxygen atoms in total. The van der Waals surface area contributed by atoms with Gasteiger partial charge in [-0.3, -0.25) is 19.3 Å². The highest BCUT2D eigenvalue weighted by molar-refractivity contribution is 6.52. The van der Waals surface area contributed by atoms with Crippen LogP contribution in [0.3, 0.4) is 0 Å². The van der Waals surface area contributed by atoms with E-state index >= 15 is 0 Å². The molecule has 3 rings (SSSR count). The van der Waals surface area contributed by atoms with E-state index in [9.17, 15) is 14.4 Å². The number of nitrogens with zero attached hydrogens (tertiary/aromatic N) is 1. The largest absolute Gasteiger partial charge is 0.324 e. The standard InChI is InChI=1S/C19H17ClN2O3/c1-3-15(18(24)21-14-10-12(20)9-8-11(14)2)22-16-7-5-4-6-13(16)17(23)19(22)25/h4-10,15H,3H2,1-2H3,(H,21,24). The molecule has 1 aliphatic rings. The second-order valence-electron chi connectivity index (χ2n) is 5.89. The monoisotopic (exact) mass is 356 g/mol. The highest BCUT2D eigenvalue weighted by atomic mass is 35.5. The quantitative estimate of drug-likeness (QED) is 0.851. The zero-order valence-corrected chi connectivity index (χ0v) is 14.6. The minimum Gasteiger partial charge on any atom is -0.324 e. The number of ketones is 1. The van der Waals surface area contributed by atoms with Gasteiger partial charge in [-0.1, -0.05) is 36.7 Å². The van der Waals surface area contributed by atoms with Crippen molar-refractivity contribution in [1.29, 1.82) is 0 Å². The number of Topliss-reactive ketones (excluding diaryl/α,β-unsaturated/α-hetero) is 1. The SMILES string of the molecule is CCC(C(=O)Nc1cc(Cl)ccc1C)N1C(=O)C(=O)c2ccccc21. The maximum atomic E-state index is 12.8. The molecule has 128 valence electrons. The summed E-state index contributed by atoms with van der Waals surface area (Å²) in [5.41, 5.74) is 2.25. The van der Waals surface area contributed by atoms with Gasteiger partial charge in [0.2, 0.25) is 5.91 Å². The van der Waals surface area contributed by atoms with Crippen LogP contribution in [0.4, 0.5) is 11.4 Å². The third-order valence-electron chi connectivity index (χ3n) is 4.28. The van der Waals surface area contributed by atoms with E-state index in [0.29, 0.717) is 28.4 Å². The molecule has 1 unspecified atom stereocenters. The van der Waals surface area contributed by atoms with Crippen molar-refractivity contribution in [2.24, 2.45) is 0 Å². The molecule has 2 amide bonds. The summed E-state index contributed by atoms with van der Waals surface area (Å²) in [5, 5.41) is 3.32. The number of fused-ring (bicyclic) bond motifs is 1. The van der Waals surface area contributed by atoms with Crippen LogP contribution in [0.1, 0.15) is 29.3 Å². The van der Waals surface area contributed by atoms with E-state index in [-0.39, 0.29) is 5.91 Å². The summed E-state index contributed by atoms with van der Waals surface area (Å²) in [6.45, 7) is 3.65. The minimum atomic E-state index is -0.779. The van der Waals surface area contributed by atoms with Crippen LogP contribution >= 0.6 is 11.6 Å². The molecular weight excluding hydrogens is 340 g/mol. The molecule has 2 aromatic carbocycles. The summed E-state index contributed by atoms with van der Waals surface area (Å²) < 4.78 is 0. The van der Waals surface area contributed by atoms with Crippen LogP contribution in [0.25, 0.3) is 0 Å². The lowest BCUT2D eigenvalue weighted by molar-refractivity contribution is -0.121. The molecule has 0 saturated carbocycles. The number of amides is 2. The highest BCUT2D eigenvalue weighted by Gasteiger charge is 2.41. The first-order valence-corrected chi connectivity index (χ1v) is 8.35. The van der Waals surface area contributed by atoms with E-state index in [1.807, 2.05) is 6.92 Å². The zero-order chi connectivity index (χ0) is 18.1. The predicted octanol–water partition coefficient (Wildman–Crippen LogP) is 3.60. The average Bonchev–Trinajstić information content (AvgIpc) is 2.84. The van der Waals surface area contributed by atoms with Crippen molar-refractivity contribution in [3.63, 3.8) is 0 Å². The van der Waals surface area contributed by atoms with Gasteiger partial charge in [0.05, 0.1) is 11.3 Å². The molecule has 6 heteroatoms. The second kappa shape index (κ2) is 6.69. The Kier molecular flexibility index (Phi) is 4.59. The lowest BCUT2D eigenvalue weighted by Crippen LogP contribution is -2.46. The van der Waals surface area contributed by atoms with Crippen LogP contribution in [0.2, 0.25) is 5.02 Å². The van der Waals surface area contributed by atoms with Gasteiger partial charge >= 0.3 is 0 Å². The van der Waals surface area contributed by atoms with Crippen LogP contribution in [0.15, 0.2) is 42.5 Å². The van der Waals surface area contributed by atoms with Gasteiger partial charge in [-0.15, -0.1) is 0 Å². The van der Waals surface area contributed by atoms with Gasteiger partial charge in [0, 0.05) is 10.7 Å². The Morgan fingerprint density at radius 1 is 1.20 bits per heavy atom. The molecule has 2 aromatic rings. The zero-order valence-electron chi connectivity index (χ0n) is 13.9. The number of aryl methyl sites for hydroxylation is 1. The van der Waals surface area contributed by atoms with E-state index in [1.165, 1.54) is 4.90 Å². The molecule has 1 aliphatic heterocycles. The molecule has 0 radical (unpaired) electrons. The van der Waals surface area contributed by atoms with Crippen LogP contribution < -0.4 is 10.2 Å². The number of nitrogens with one attached hydrogen (secondary N) is 1. The Balaban J connectivity index is 1.92. The van der Waals surface area contributed by atoms with Gasteiger partial charge in [-0.25, -0.2) is 0 Å². The number of anilines is 2. The van der Waals surface area contributed by atoms with Crippen molar-refractivity contribution in [1.82, 2.24) is 0 Å². The number of hydrogen-bond acceptors (Lipinski definition) is 3. The third kappa shape index (κ3) is 3.03.